The van der Waals surface area contributed by atoms with Crippen molar-refractivity contribution in [3.63, 3.8) is 0 Å². The highest BCUT2D eigenvalue weighted by atomic mass is 19.3. The number of aromatic nitrogens is 5. The van der Waals surface area contributed by atoms with Gasteiger partial charge in [0.2, 0.25) is 5.88 Å². The smallest absolute Gasteiger partial charge is 0.387 e. The van der Waals surface area contributed by atoms with Crippen molar-refractivity contribution in [2.24, 2.45) is 0 Å². The maximum atomic E-state index is 12.5. The number of alkyl halides is 2. The van der Waals surface area contributed by atoms with Gasteiger partial charge in [-0.15, -0.1) is 5.10 Å². The number of nitrogens with zero attached hydrogens (tertiary/aromatic N) is 5. The van der Waals surface area contributed by atoms with Crippen LogP contribution >= 0.6 is 0 Å². The van der Waals surface area contributed by atoms with E-state index in [2.05, 4.69) is 24.8 Å². The number of hydrogen-bond acceptors (Lipinski definition) is 7. The molecule has 0 radical (unpaired) electrons. The van der Waals surface area contributed by atoms with E-state index in [1.54, 1.807) is 19.1 Å². The van der Waals surface area contributed by atoms with Crippen LogP contribution in [0.3, 0.4) is 0 Å². The monoisotopic (exact) mass is 391 g/mol. The van der Waals surface area contributed by atoms with Crippen LogP contribution in [0.1, 0.15) is 23.2 Å². The molecule has 2 heterocycles. The number of carboxylic acid groups (broad SMARTS) is 1. The van der Waals surface area contributed by atoms with E-state index in [0.717, 1.165) is 0 Å². The zero-order valence-corrected chi connectivity index (χ0v) is 14.6. The number of carboxylic acids is 1. The molecule has 11 heteroatoms. The van der Waals surface area contributed by atoms with Crippen molar-refractivity contribution in [3.05, 3.63) is 48.3 Å². The number of hydrogen-bond donors (Lipinski definition) is 1. The largest absolute Gasteiger partial charge is 0.476 e. The van der Waals surface area contributed by atoms with E-state index in [9.17, 15) is 13.6 Å². The van der Waals surface area contributed by atoms with Crippen LogP contribution in [-0.4, -0.2) is 49.0 Å². The molecule has 0 amide bonds. The summed E-state index contributed by atoms with van der Waals surface area (Å²) in [4.78, 5) is 23.2. The standard InChI is InChI=1S/C17H15F2N5O4/c1-2-27-15-13(10-4-3-5-12(6-10)28-17(18)19)22-11(7-20-15)8-24-9-21-14(23-24)16(25)26/h3-7,9,17H,2,8H2,1H3,(H,25,26). The van der Waals surface area contributed by atoms with Gasteiger partial charge in [0.15, 0.2) is 0 Å². The number of benzene rings is 1. The van der Waals surface area contributed by atoms with Gasteiger partial charge in [-0.2, -0.15) is 8.78 Å². The second kappa shape index (κ2) is 8.37. The Morgan fingerprint density at radius 1 is 1.32 bits per heavy atom. The first-order chi connectivity index (χ1) is 13.5. The van der Waals surface area contributed by atoms with Gasteiger partial charge in [0.05, 0.1) is 25.0 Å². The fraction of sp³-hybridized carbons (Fsp3) is 0.235. The molecule has 1 aromatic carbocycles. The molecule has 0 fully saturated rings. The SMILES string of the molecule is CCOc1ncc(Cn2cnc(C(=O)O)n2)nc1-c1cccc(OC(F)F)c1. The minimum absolute atomic E-state index is 0.0236. The summed E-state index contributed by atoms with van der Waals surface area (Å²) in [6.07, 6.45) is 2.72. The lowest BCUT2D eigenvalue weighted by Crippen LogP contribution is -2.08. The molecular formula is C17H15F2N5O4. The Labute approximate surface area is 157 Å². The molecule has 0 saturated carbocycles. The molecule has 0 unspecified atom stereocenters. The fourth-order valence-corrected chi connectivity index (χ4v) is 2.38. The summed E-state index contributed by atoms with van der Waals surface area (Å²) >= 11 is 0. The lowest BCUT2D eigenvalue weighted by atomic mass is 10.1. The predicted molar refractivity (Wildman–Crippen MR) is 91.4 cm³/mol. The van der Waals surface area contributed by atoms with Crippen molar-refractivity contribution in [1.82, 2.24) is 24.7 Å². The number of aromatic carboxylic acids is 1. The normalized spacial score (nSPS) is 10.9. The van der Waals surface area contributed by atoms with Gasteiger partial charge >= 0.3 is 12.6 Å². The first-order valence-electron chi connectivity index (χ1n) is 8.13. The zero-order valence-electron chi connectivity index (χ0n) is 14.6. The van der Waals surface area contributed by atoms with E-state index in [1.165, 1.54) is 29.3 Å². The van der Waals surface area contributed by atoms with Crippen LogP contribution in [0.25, 0.3) is 11.3 Å². The molecule has 146 valence electrons. The van der Waals surface area contributed by atoms with Gasteiger partial charge in [0.25, 0.3) is 5.82 Å². The van der Waals surface area contributed by atoms with E-state index in [4.69, 9.17) is 9.84 Å². The Kier molecular flexibility index (Phi) is 5.72. The maximum absolute atomic E-state index is 12.5. The van der Waals surface area contributed by atoms with Gasteiger partial charge in [0, 0.05) is 5.56 Å². The molecule has 0 bridgehead atoms. The number of carbonyl (C=O) groups is 1. The number of halogens is 2. The van der Waals surface area contributed by atoms with Crippen LogP contribution in [0.5, 0.6) is 11.6 Å². The van der Waals surface area contributed by atoms with E-state index >= 15 is 0 Å². The van der Waals surface area contributed by atoms with Crippen LogP contribution in [-0.2, 0) is 6.54 Å². The van der Waals surface area contributed by atoms with Crippen molar-refractivity contribution < 1.29 is 28.2 Å². The number of ether oxygens (including phenoxy) is 2. The first-order valence-corrected chi connectivity index (χ1v) is 8.13. The lowest BCUT2D eigenvalue weighted by Gasteiger charge is -2.11. The van der Waals surface area contributed by atoms with Gasteiger partial charge in [-0.05, 0) is 19.1 Å². The molecule has 9 nitrogen and oxygen atoms in total. The van der Waals surface area contributed by atoms with Crippen LogP contribution in [0.15, 0.2) is 36.8 Å². The van der Waals surface area contributed by atoms with E-state index in [-0.39, 0.29) is 24.0 Å². The Balaban J connectivity index is 1.94. The second-order valence-corrected chi connectivity index (χ2v) is 5.43. The summed E-state index contributed by atoms with van der Waals surface area (Å²) in [6, 6.07) is 6.01. The van der Waals surface area contributed by atoms with E-state index in [0.29, 0.717) is 23.6 Å². The topological polar surface area (TPSA) is 112 Å². The average Bonchev–Trinajstić information content (AvgIpc) is 3.12. The molecule has 0 atom stereocenters. The maximum Gasteiger partial charge on any atom is 0.387 e. The highest BCUT2D eigenvalue weighted by Crippen LogP contribution is 2.29. The summed E-state index contributed by atoms with van der Waals surface area (Å²) in [6.45, 7) is -0.729. The molecule has 3 rings (SSSR count). The van der Waals surface area contributed by atoms with Gasteiger partial charge < -0.3 is 14.6 Å². The fourth-order valence-electron chi connectivity index (χ4n) is 2.38. The third-order valence-electron chi connectivity index (χ3n) is 3.45. The molecule has 1 N–H and O–H groups in total. The third-order valence-corrected chi connectivity index (χ3v) is 3.45. The Hall–Kier alpha value is -3.63. The summed E-state index contributed by atoms with van der Waals surface area (Å²) in [5.41, 5.74) is 1.25. The first kappa shape index (κ1) is 19.1. The van der Waals surface area contributed by atoms with E-state index < -0.39 is 12.6 Å². The van der Waals surface area contributed by atoms with Crippen molar-refractivity contribution >= 4 is 5.97 Å². The Morgan fingerprint density at radius 3 is 2.82 bits per heavy atom. The van der Waals surface area contributed by atoms with Gasteiger partial charge in [-0.3, -0.25) is 0 Å². The molecule has 0 saturated heterocycles. The Bertz CT molecular complexity index is 980. The molecular weight excluding hydrogens is 376 g/mol. The van der Waals surface area contributed by atoms with Crippen molar-refractivity contribution in [3.8, 4) is 22.9 Å². The van der Waals surface area contributed by atoms with Crippen LogP contribution < -0.4 is 9.47 Å². The van der Waals surface area contributed by atoms with Crippen molar-refractivity contribution in [1.29, 1.82) is 0 Å². The molecule has 2 aromatic heterocycles. The third kappa shape index (κ3) is 4.55. The van der Waals surface area contributed by atoms with Gasteiger partial charge in [-0.1, -0.05) is 12.1 Å². The van der Waals surface area contributed by atoms with Crippen LogP contribution in [0.2, 0.25) is 0 Å². The van der Waals surface area contributed by atoms with Crippen molar-refractivity contribution in [2.45, 2.75) is 20.1 Å². The second-order valence-electron chi connectivity index (χ2n) is 5.43. The van der Waals surface area contributed by atoms with Crippen LogP contribution in [0, 0.1) is 0 Å². The lowest BCUT2D eigenvalue weighted by molar-refractivity contribution is -0.0498. The molecule has 3 aromatic rings. The number of rotatable bonds is 8. The van der Waals surface area contributed by atoms with Crippen LogP contribution in [0.4, 0.5) is 8.78 Å². The molecule has 0 aliphatic heterocycles. The minimum atomic E-state index is -2.95. The summed E-state index contributed by atoms with van der Waals surface area (Å²) in [7, 11) is 0. The molecule has 0 aliphatic rings. The molecule has 28 heavy (non-hydrogen) atoms. The molecule has 0 aliphatic carbocycles. The quantitative estimate of drug-likeness (QED) is 0.623. The molecule has 0 spiro atoms. The van der Waals surface area contributed by atoms with Gasteiger partial charge in [-0.25, -0.2) is 24.4 Å². The summed E-state index contributed by atoms with van der Waals surface area (Å²) in [5.74, 6) is -1.38. The van der Waals surface area contributed by atoms with Crippen molar-refractivity contribution in [2.75, 3.05) is 6.61 Å². The predicted octanol–water partition coefficient (Wildman–Crippen LogP) is 2.48. The zero-order chi connectivity index (χ0) is 20.1. The highest BCUT2D eigenvalue weighted by Gasteiger charge is 2.15. The minimum Gasteiger partial charge on any atom is -0.476 e. The summed E-state index contributed by atoms with van der Waals surface area (Å²) in [5, 5.41) is 12.7. The van der Waals surface area contributed by atoms with E-state index in [1.807, 2.05) is 0 Å². The Morgan fingerprint density at radius 2 is 2.14 bits per heavy atom. The average molecular weight is 391 g/mol. The van der Waals surface area contributed by atoms with Gasteiger partial charge in [0.1, 0.15) is 17.8 Å². The summed E-state index contributed by atoms with van der Waals surface area (Å²) < 4.78 is 36.2. The highest BCUT2D eigenvalue weighted by molar-refractivity contribution is 5.82.